The fraction of sp³-hybridized carbons (Fsp3) is 0.417. The number of benzene rings is 1. The van der Waals surface area contributed by atoms with Crippen LogP contribution in [0.5, 0.6) is 0 Å². The Labute approximate surface area is 236 Å². The lowest BCUT2D eigenvalue weighted by Gasteiger charge is -2.30. The van der Waals surface area contributed by atoms with E-state index in [1.165, 1.54) is 17.0 Å². The number of aliphatic hydroxyl groups excluding tert-OH is 1. The molecule has 1 saturated heterocycles. The van der Waals surface area contributed by atoms with Gasteiger partial charge in [-0.1, -0.05) is 12.1 Å². The number of nitrogen functional groups attached to an aromatic ring is 1. The van der Waals surface area contributed by atoms with E-state index >= 15 is 4.39 Å². The Bertz CT molecular complexity index is 1430. The molecule has 0 unspecified atom stereocenters. The smallest absolute Gasteiger partial charge is 0.348 e. The summed E-state index contributed by atoms with van der Waals surface area (Å²) in [5.41, 5.74) is 3.63. The van der Waals surface area contributed by atoms with Crippen LogP contribution in [0.4, 0.5) is 20.7 Å². The number of alkyl halides is 1. The molecule has 1 fully saturated rings. The number of nitrogens with one attached hydrogen (secondary N) is 1. The second-order valence-electron chi connectivity index (χ2n) is 9.17. The maximum absolute atomic E-state index is 15.4. The van der Waals surface area contributed by atoms with Crippen molar-refractivity contribution < 1.29 is 43.6 Å². The van der Waals surface area contributed by atoms with Crippen LogP contribution in [0.2, 0.25) is 5.28 Å². The number of amides is 2. The summed E-state index contributed by atoms with van der Waals surface area (Å²) in [6, 6.07) is 5.79. The second kappa shape index (κ2) is 12.2. The fourth-order valence-corrected chi connectivity index (χ4v) is 4.51. The molecule has 4 rings (SSSR count). The molecule has 0 radical (unpaired) electrons. The highest BCUT2D eigenvalue weighted by atomic mass is 35.5. The van der Waals surface area contributed by atoms with Gasteiger partial charge in [-0.15, -0.1) is 0 Å². The number of carboxylic acids is 2. The summed E-state index contributed by atoms with van der Waals surface area (Å²) in [4.78, 5) is 49.6. The average molecular weight is 596 g/mol. The van der Waals surface area contributed by atoms with Gasteiger partial charge in [0.05, 0.1) is 12.9 Å². The number of nitrogens with zero attached hydrogens (tertiary/aromatic N) is 5. The van der Waals surface area contributed by atoms with Crippen molar-refractivity contribution in [1.29, 1.82) is 0 Å². The summed E-state index contributed by atoms with van der Waals surface area (Å²) < 4.78 is 26.7. The van der Waals surface area contributed by atoms with Crippen LogP contribution in [0.3, 0.4) is 0 Å². The number of carbonyl (C=O) groups excluding carboxylic acids is 1. The van der Waals surface area contributed by atoms with Crippen molar-refractivity contribution in [2.75, 3.05) is 37.4 Å². The quantitative estimate of drug-likeness (QED) is 0.146. The van der Waals surface area contributed by atoms with E-state index in [0.717, 1.165) is 24.4 Å². The molecule has 220 valence electrons. The van der Waals surface area contributed by atoms with Gasteiger partial charge in [-0.3, -0.25) is 9.47 Å². The van der Waals surface area contributed by atoms with Crippen LogP contribution in [-0.4, -0.2) is 97.4 Å². The Morgan fingerprint density at radius 2 is 1.93 bits per heavy atom. The van der Waals surface area contributed by atoms with Gasteiger partial charge in [0.25, 0.3) is 5.60 Å². The van der Waals surface area contributed by atoms with Gasteiger partial charge in [-0.05, 0) is 35.7 Å². The van der Waals surface area contributed by atoms with E-state index in [1.807, 2.05) is 0 Å². The molecule has 17 heteroatoms. The highest BCUT2D eigenvalue weighted by Gasteiger charge is 2.49. The summed E-state index contributed by atoms with van der Waals surface area (Å²) >= 11 is 5.80. The van der Waals surface area contributed by atoms with Crippen LogP contribution < -0.4 is 16.0 Å². The summed E-state index contributed by atoms with van der Waals surface area (Å²) in [7, 11) is 1.10. The van der Waals surface area contributed by atoms with Gasteiger partial charge in [-0.2, -0.15) is 9.97 Å². The lowest BCUT2D eigenvalue weighted by molar-refractivity contribution is -0.192. The number of carboxylic acid groups (broad SMARTS) is 2. The van der Waals surface area contributed by atoms with E-state index in [2.05, 4.69) is 20.3 Å². The van der Waals surface area contributed by atoms with Crippen LogP contribution in [0, 0.1) is 0 Å². The summed E-state index contributed by atoms with van der Waals surface area (Å²) in [5, 5.41) is 33.0. The number of anilines is 2. The third-order valence-electron chi connectivity index (χ3n) is 6.62. The van der Waals surface area contributed by atoms with Crippen molar-refractivity contribution in [3.63, 3.8) is 0 Å². The largest absolute Gasteiger partial charge is 0.479 e. The molecule has 2 aromatic heterocycles. The molecular weight excluding hydrogens is 569 g/mol. The van der Waals surface area contributed by atoms with Crippen molar-refractivity contribution in [3.8, 4) is 0 Å². The lowest BCUT2D eigenvalue weighted by Crippen LogP contribution is -2.53. The molecule has 41 heavy (non-hydrogen) atoms. The number of methoxy groups -OCH3 is 1. The predicted molar refractivity (Wildman–Crippen MR) is 141 cm³/mol. The molecule has 3 atom stereocenters. The second-order valence-corrected chi connectivity index (χ2v) is 9.51. The van der Waals surface area contributed by atoms with Crippen molar-refractivity contribution in [1.82, 2.24) is 24.8 Å². The lowest BCUT2D eigenvalue weighted by atomic mass is 9.93. The van der Waals surface area contributed by atoms with Crippen molar-refractivity contribution >= 4 is 52.2 Å². The zero-order valence-electron chi connectivity index (χ0n) is 21.6. The highest BCUT2D eigenvalue weighted by Crippen LogP contribution is 2.28. The molecule has 3 aromatic rings. The topological polar surface area (TPSA) is 215 Å². The molecular formula is C24H27ClFN7O8. The number of aromatic nitrogens is 4. The minimum absolute atomic E-state index is 0.0252. The van der Waals surface area contributed by atoms with Gasteiger partial charge >= 0.3 is 18.0 Å². The van der Waals surface area contributed by atoms with Crippen LogP contribution in [-0.2, 0) is 25.5 Å². The predicted octanol–water partition coefficient (Wildman–Crippen LogP) is 0.993. The Morgan fingerprint density at radius 1 is 1.24 bits per heavy atom. The van der Waals surface area contributed by atoms with Gasteiger partial charge in [0.2, 0.25) is 11.6 Å². The molecule has 0 saturated carbocycles. The molecule has 0 aliphatic carbocycles. The van der Waals surface area contributed by atoms with Gasteiger partial charge in [-0.25, -0.2) is 23.8 Å². The van der Waals surface area contributed by atoms with E-state index in [1.54, 1.807) is 12.1 Å². The minimum atomic E-state index is -2.82. The summed E-state index contributed by atoms with van der Waals surface area (Å²) in [6.45, 7) is 0.218. The number of hydrogen-bond acceptors (Lipinski definition) is 10. The molecule has 1 aliphatic heterocycles. The zero-order valence-corrected chi connectivity index (χ0v) is 22.4. The minimum Gasteiger partial charge on any atom is -0.479 e. The number of hydrogen-bond donors (Lipinski definition) is 5. The SMILES string of the molecule is CO[C@H](COC(Cc1ccc(N2CCCNC2=O)cc1)(C(=O)O)C(=O)O)[C@@H](O)[C@H](F)n1cnc2c(N)nc(Cl)nc21. The molecule has 6 N–H and O–H groups in total. The molecule has 1 aliphatic rings. The van der Waals surface area contributed by atoms with Crippen LogP contribution >= 0.6 is 11.6 Å². The van der Waals surface area contributed by atoms with Crippen LogP contribution in [0.15, 0.2) is 30.6 Å². The van der Waals surface area contributed by atoms with Crippen LogP contribution in [0.1, 0.15) is 18.3 Å². The monoisotopic (exact) mass is 595 g/mol. The van der Waals surface area contributed by atoms with Gasteiger partial charge in [0.1, 0.15) is 17.7 Å². The Balaban J connectivity index is 1.52. The molecule has 3 heterocycles. The molecule has 15 nitrogen and oxygen atoms in total. The third-order valence-corrected chi connectivity index (χ3v) is 6.79. The van der Waals surface area contributed by atoms with E-state index in [0.29, 0.717) is 18.8 Å². The third kappa shape index (κ3) is 6.00. The van der Waals surface area contributed by atoms with Crippen molar-refractivity contribution in [2.45, 2.75) is 36.9 Å². The van der Waals surface area contributed by atoms with E-state index in [4.69, 9.17) is 26.8 Å². The summed E-state index contributed by atoms with van der Waals surface area (Å²) in [5.74, 6) is -3.77. The van der Waals surface area contributed by atoms with Gasteiger partial charge in [0, 0.05) is 32.3 Å². The maximum Gasteiger partial charge on any atom is 0.348 e. The molecule has 1 aromatic carbocycles. The first-order valence-electron chi connectivity index (χ1n) is 12.2. The molecule has 0 bridgehead atoms. The maximum atomic E-state index is 15.4. The Morgan fingerprint density at radius 3 is 2.54 bits per heavy atom. The van der Waals surface area contributed by atoms with Crippen LogP contribution in [0.25, 0.3) is 11.2 Å². The fourth-order valence-electron chi connectivity index (χ4n) is 4.34. The number of aliphatic hydroxyl groups is 1. The summed E-state index contributed by atoms with van der Waals surface area (Å²) in [6.07, 6.45) is -4.68. The van der Waals surface area contributed by atoms with E-state index in [9.17, 15) is 29.7 Å². The number of imidazole rings is 1. The Kier molecular flexibility index (Phi) is 8.86. The average Bonchev–Trinajstić information content (AvgIpc) is 3.36. The first-order chi connectivity index (χ1) is 19.5. The molecule has 2 amide bonds. The normalized spacial score (nSPS) is 16.3. The number of rotatable bonds is 12. The van der Waals surface area contributed by atoms with Crippen molar-refractivity contribution in [3.05, 3.63) is 41.4 Å². The number of nitrogens with two attached hydrogens (primary N) is 1. The Hall–Kier alpha value is -4.12. The number of ether oxygens (including phenoxy) is 2. The number of carbonyl (C=O) groups is 3. The highest BCUT2D eigenvalue weighted by molar-refractivity contribution is 6.28. The van der Waals surface area contributed by atoms with Crippen molar-refractivity contribution in [2.24, 2.45) is 0 Å². The zero-order chi connectivity index (χ0) is 29.9. The number of urea groups is 1. The van der Waals surface area contributed by atoms with Gasteiger partial charge < -0.3 is 35.8 Å². The first kappa shape index (κ1) is 29.9. The standard InChI is InChI=1S/C24H27ClFN7O8/c1-40-14(16(34)17(26)33-11-29-15-18(27)30-22(25)31-19(15)33)10-41-24(20(35)36,21(37)38)9-12-3-5-13(6-4-12)32-8-2-7-28-23(32)39/h3-6,11,14,16-17,34H,2,7-10H2,1H3,(H,28,39)(H,35,36)(H,37,38)(H2,27,30,31)/t14-,16-,17-/m1/s1. The molecule has 0 spiro atoms. The van der Waals surface area contributed by atoms with E-state index in [-0.39, 0.29) is 33.9 Å². The van der Waals surface area contributed by atoms with Gasteiger partial charge in [0.15, 0.2) is 11.5 Å². The number of fused-ring (bicyclic) bond motifs is 1. The first-order valence-corrected chi connectivity index (χ1v) is 12.6. The van der Waals surface area contributed by atoms with E-state index < -0.39 is 49.1 Å². The number of aliphatic carboxylic acids is 2. The number of halogens is 2.